The molecule has 5 nitrogen and oxygen atoms in total. The molecule has 1 amide bonds. The zero-order valence-electron chi connectivity index (χ0n) is 11.9. The molecule has 1 atom stereocenters. The number of morpholine rings is 1. The van der Waals surface area contributed by atoms with Crippen LogP contribution in [0.4, 0.5) is 0 Å². The number of aromatic carboxylic acids is 1. The van der Waals surface area contributed by atoms with Crippen molar-refractivity contribution in [1.29, 1.82) is 0 Å². The molecule has 0 aliphatic carbocycles. The van der Waals surface area contributed by atoms with Crippen LogP contribution < -0.4 is 0 Å². The molecule has 2 rings (SSSR count). The monoisotopic (exact) mass is 277 g/mol. The lowest BCUT2D eigenvalue weighted by Gasteiger charge is -2.41. The summed E-state index contributed by atoms with van der Waals surface area (Å²) in [6, 6.07) is 6.12. The first-order chi connectivity index (χ1) is 9.28. The molecule has 108 valence electrons. The third-order valence-corrected chi connectivity index (χ3v) is 3.21. The summed E-state index contributed by atoms with van der Waals surface area (Å²) in [4.78, 5) is 25.2. The zero-order valence-corrected chi connectivity index (χ0v) is 11.9. The highest BCUT2D eigenvalue weighted by molar-refractivity contribution is 5.97. The molecule has 1 heterocycles. The second-order valence-corrected chi connectivity index (χ2v) is 5.76. The van der Waals surface area contributed by atoms with E-state index in [1.165, 1.54) is 12.1 Å². The number of amides is 1. The summed E-state index contributed by atoms with van der Waals surface area (Å²) in [6.45, 7) is 6.81. The molecule has 0 radical (unpaired) electrons. The van der Waals surface area contributed by atoms with Crippen LogP contribution in [0.1, 0.15) is 41.5 Å². The molecule has 0 unspecified atom stereocenters. The minimum Gasteiger partial charge on any atom is -0.478 e. The number of ether oxygens (including phenoxy) is 1. The van der Waals surface area contributed by atoms with Crippen molar-refractivity contribution in [2.75, 3.05) is 13.1 Å². The number of carbonyl (C=O) groups is 2. The van der Waals surface area contributed by atoms with E-state index < -0.39 is 11.6 Å². The number of carboxylic acid groups (broad SMARTS) is 1. The van der Waals surface area contributed by atoms with Gasteiger partial charge in [0.15, 0.2) is 0 Å². The van der Waals surface area contributed by atoms with Gasteiger partial charge in [-0.25, -0.2) is 4.79 Å². The minimum absolute atomic E-state index is 0.0367. The summed E-state index contributed by atoms with van der Waals surface area (Å²) in [6.07, 6.45) is -0.0367. The molecule has 0 spiro atoms. The molecule has 1 fully saturated rings. The van der Waals surface area contributed by atoms with E-state index in [9.17, 15) is 9.59 Å². The first kappa shape index (κ1) is 14.5. The third-order valence-electron chi connectivity index (χ3n) is 3.21. The highest BCUT2D eigenvalue weighted by atomic mass is 16.5. The summed E-state index contributed by atoms with van der Waals surface area (Å²) < 4.78 is 5.76. The number of hydrogen-bond acceptors (Lipinski definition) is 3. The van der Waals surface area contributed by atoms with Crippen LogP contribution in [-0.4, -0.2) is 46.7 Å². The van der Waals surface area contributed by atoms with Crippen LogP contribution in [0, 0.1) is 0 Å². The minimum atomic E-state index is -1.03. The van der Waals surface area contributed by atoms with Gasteiger partial charge < -0.3 is 14.7 Å². The van der Waals surface area contributed by atoms with Crippen molar-refractivity contribution in [3.63, 3.8) is 0 Å². The molecule has 0 saturated carbocycles. The maximum atomic E-state index is 12.5. The van der Waals surface area contributed by atoms with E-state index in [1.54, 1.807) is 17.0 Å². The Morgan fingerprint density at radius 3 is 2.60 bits per heavy atom. The van der Waals surface area contributed by atoms with Crippen molar-refractivity contribution in [2.24, 2.45) is 0 Å². The van der Waals surface area contributed by atoms with Gasteiger partial charge in [-0.1, -0.05) is 6.07 Å². The van der Waals surface area contributed by atoms with Crippen molar-refractivity contribution in [2.45, 2.75) is 32.5 Å². The van der Waals surface area contributed by atoms with Gasteiger partial charge in [-0.05, 0) is 39.0 Å². The van der Waals surface area contributed by atoms with Gasteiger partial charge in [-0.3, -0.25) is 4.79 Å². The van der Waals surface area contributed by atoms with Gasteiger partial charge in [0.05, 0.1) is 17.3 Å². The highest BCUT2D eigenvalue weighted by Crippen LogP contribution is 2.22. The fraction of sp³-hybridized carbons (Fsp3) is 0.467. The van der Waals surface area contributed by atoms with E-state index in [0.717, 1.165) is 0 Å². The molecule has 1 N–H and O–H groups in total. The van der Waals surface area contributed by atoms with Gasteiger partial charge in [0.25, 0.3) is 5.91 Å². The van der Waals surface area contributed by atoms with Crippen LogP contribution in [0.2, 0.25) is 0 Å². The van der Waals surface area contributed by atoms with Crippen LogP contribution >= 0.6 is 0 Å². The van der Waals surface area contributed by atoms with Crippen LogP contribution in [0.5, 0.6) is 0 Å². The lowest BCUT2D eigenvalue weighted by molar-refractivity contribution is -0.118. The summed E-state index contributed by atoms with van der Waals surface area (Å²) in [5, 5.41) is 8.98. The summed E-state index contributed by atoms with van der Waals surface area (Å²) in [5.41, 5.74) is 0.129. The third kappa shape index (κ3) is 3.17. The number of benzene rings is 1. The van der Waals surface area contributed by atoms with Gasteiger partial charge in [0, 0.05) is 18.7 Å². The molecule has 1 saturated heterocycles. The van der Waals surface area contributed by atoms with Gasteiger partial charge in [-0.2, -0.15) is 0 Å². The number of nitrogens with zero attached hydrogens (tertiary/aromatic N) is 1. The predicted molar refractivity (Wildman–Crippen MR) is 73.9 cm³/mol. The maximum absolute atomic E-state index is 12.5. The van der Waals surface area contributed by atoms with E-state index in [2.05, 4.69) is 0 Å². The Labute approximate surface area is 118 Å². The Bertz CT molecular complexity index is 538. The zero-order chi connectivity index (χ0) is 14.9. The average Bonchev–Trinajstić information content (AvgIpc) is 2.35. The Morgan fingerprint density at radius 2 is 2.00 bits per heavy atom. The SMILES string of the molecule is C[C@@H]1CN(C(=O)c2cccc(C(=O)O)c2)CC(C)(C)O1. The highest BCUT2D eigenvalue weighted by Gasteiger charge is 2.34. The second kappa shape index (κ2) is 5.25. The molecule has 1 aliphatic heterocycles. The number of rotatable bonds is 2. The molecular formula is C15H19NO4. The van der Waals surface area contributed by atoms with Crippen molar-refractivity contribution in [1.82, 2.24) is 4.90 Å². The summed E-state index contributed by atoms with van der Waals surface area (Å²) >= 11 is 0. The van der Waals surface area contributed by atoms with Crippen LogP contribution in [0.15, 0.2) is 24.3 Å². The standard InChI is InChI=1S/C15H19NO4/c1-10-8-16(9-15(2,3)20-10)13(17)11-5-4-6-12(7-11)14(18)19/h4-7,10H,8-9H2,1-3H3,(H,18,19)/t10-/m1/s1. The Kier molecular flexibility index (Phi) is 3.81. The first-order valence-corrected chi connectivity index (χ1v) is 6.59. The number of carbonyl (C=O) groups excluding carboxylic acids is 1. The van der Waals surface area contributed by atoms with Crippen molar-refractivity contribution >= 4 is 11.9 Å². The van der Waals surface area contributed by atoms with E-state index in [1.807, 2.05) is 20.8 Å². The van der Waals surface area contributed by atoms with E-state index >= 15 is 0 Å². The normalized spacial score (nSPS) is 21.6. The van der Waals surface area contributed by atoms with Crippen molar-refractivity contribution in [3.05, 3.63) is 35.4 Å². The Morgan fingerprint density at radius 1 is 1.35 bits per heavy atom. The average molecular weight is 277 g/mol. The summed E-state index contributed by atoms with van der Waals surface area (Å²) in [7, 11) is 0. The lowest BCUT2D eigenvalue weighted by atomic mass is 10.0. The molecule has 1 aliphatic rings. The molecule has 1 aromatic rings. The van der Waals surface area contributed by atoms with Crippen LogP contribution in [-0.2, 0) is 4.74 Å². The lowest BCUT2D eigenvalue weighted by Crippen LogP contribution is -2.53. The van der Waals surface area contributed by atoms with Crippen LogP contribution in [0.3, 0.4) is 0 Å². The number of carboxylic acids is 1. The Hall–Kier alpha value is -1.88. The fourth-order valence-electron chi connectivity index (χ4n) is 2.58. The largest absolute Gasteiger partial charge is 0.478 e. The van der Waals surface area contributed by atoms with E-state index in [-0.39, 0.29) is 17.6 Å². The van der Waals surface area contributed by atoms with Crippen LogP contribution in [0.25, 0.3) is 0 Å². The molecule has 0 bridgehead atoms. The van der Waals surface area contributed by atoms with Gasteiger partial charge in [0.1, 0.15) is 0 Å². The Balaban J connectivity index is 2.22. The molecule has 20 heavy (non-hydrogen) atoms. The first-order valence-electron chi connectivity index (χ1n) is 6.59. The second-order valence-electron chi connectivity index (χ2n) is 5.76. The van der Waals surface area contributed by atoms with Crippen molar-refractivity contribution < 1.29 is 19.4 Å². The van der Waals surface area contributed by atoms with E-state index in [4.69, 9.17) is 9.84 Å². The molecule has 0 aromatic heterocycles. The fourth-order valence-corrected chi connectivity index (χ4v) is 2.58. The van der Waals surface area contributed by atoms with Crippen molar-refractivity contribution in [3.8, 4) is 0 Å². The number of hydrogen-bond donors (Lipinski definition) is 1. The van der Waals surface area contributed by atoms with E-state index in [0.29, 0.717) is 18.7 Å². The van der Waals surface area contributed by atoms with Gasteiger partial charge in [-0.15, -0.1) is 0 Å². The van der Waals surface area contributed by atoms with Gasteiger partial charge in [0.2, 0.25) is 0 Å². The molecule has 1 aromatic carbocycles. The smallest absolute Gasteiger partial charge is 0.335 e. The molecular weight excluding hydrogens is 258 g/mol. The van der Waals surface area contributed by atoms with Gasteiger partial charge >= 0.3 is 5.97 Å². The summed E-state index contributed by atoms with van der Waals surface area (Å²) in [5.74, 6) is -1.19. The quantitative estimate of drug-likeness (QED) is 0.898. The topological polar surface area (TPSA) is 66.8 Å². The predicted octanol–water partition coefficient (Wildman–Crippen LogP) is 2.02. The molecule has 5 heteroatoms. The maximum Gasteiger partial charge on any atom is 0.335 e.